The van der Waals surface area contributed by atoms with E-state index in [1.54, 1.807) is 6.07 Å². The molecule has 0 aliphatic carbocycles. The molecule has 0 unspecified atom stereocenters. The molecule has 0 amide bonds. The SMILES string of the molecule is CC(C)(CO)[C@H](N)c1c(O)ccc2ccccc12.Cl. The molecule has 2 rings (SSSR count). The second-order valence-electron chi connectivity index (χ2n) is 5.34. The predicted molar refractivity (Wildman–Crippen MR) is 80.7 cm³/mol. The van der Waals surface area contributed by atoms with Crippen LogP contribution in [0.1, 0.15) is 25.5 Å². The third-order valence-corrected chi connectivity index (χ3v) is 3.51. The highest BCUT2D eigenvalue weighted by molar-refractivity contribution is 5.88. The fourth-order valence-corrected chi connectivity index (χ4v) is 2.10. The van der Waals surface area contributed by atoms with Gasteiger partial charge in [0.15, 0.2) is 0 Å². The lowest BCUT2D eigenvalue weighted by molar-refractivity contribution is 0.131. The number of aliphatic hydroxyl groups excluding tert-OH is 1. The van der Waals surface area contributed by atoms with E-state index in [-0.39, 0.29) is 24.8 Å². The Balaban J connectivity index is 0.00000180. The van der Waals surface area contributed by atoms with Crippen molar-refractivity contribution < 1.29 is 10.2 Å². The van der Waals surface area contributed by atoms with E-state index in [2.05, 4.69) is 0 Å². The van der Waals surface area contributed by atoms with Crippen molar-refractivity contribution in [3.8, 4) is 5.75 Å². The van der Waals surface area contributed by atoms with Crippen LogP contribution in [-0.4, -0.2) is 16.8 Å². The summed E-state index contributed by atoms with van der Waals surface area (Å²) in [6.07, 6.45) is 0. The van der Waals surface area contributed by atoms with Gasteiger partial charge in [-0.1, -0.05) is 44.2 Å². The molecule has 0 heterocycles. The number of rotatable bonds is 3. The summed E-state index contributed by atoms with van der Waals surface area (Å²) in [5, 5.41) is 21.5. The van der Waals surface area contributed by atoms with Gasteiger partial charge in [-0.25, -0.2) is 0 Å². The Morgan fingerprint density at radius 3 is 2.42 bits per heavy atom. The molecular formula is C15H20ClNO2. The number of phenolic OH excluding ortho intramolecular Hbond substituents is 1. The van der Waals surface area contributed by atoms with Crippen LogP contribution in [-0.2, 0) is 0 Å². The van der Waals surface area contributed by atoms with E-state index in [4.69, 9.17) is 5.73 Å². The molecule has 0 saturated heterocycles. The van der Waals surface area contributed by atoms with Gasteiger partial charge >= 0.3 is 0 Å². The van der Waals surface area contributed by atoms with Gasteiger partial charge in [-0.3, -0.25) is 0 Å². The van der Waals surface area contributed by atoms with E-state index in [9.17, 15) is 10.2 Å². The van der Waals surface area contributed by atoms with Gasteiger partial charge in [0.2, 0.25) is 0 Å². The van der Waals surface area contributed by atoms with E-state index >= 15 is 0 Å². The smallest absolute Gasteiger partial charge is 0.121 e. The number of benzene rings is 2. The van der Waals surface area contributed by atoms with Gasteiger partial charge in [0.25, 0.3) is 0 Å². The van der Waals surface area contributed by atoms with E-state index in [0.29, 0.717) is 5.56 Å². The quantitative estimate of drug-likeness (QED) is 0.810. The number of halogens is 1. The second kappa shape index (κ2) is 5.78. The summed E-state index contributed by atoms with van der Waals surface area (Å²) < 4.78 is 0. The van der Waals surface area contributed by atoms with Crippen molar-refractivity contribution >= 4 is 23.2 Å². The van der Waals surface area contributed by atoms with Crippen molar-refractivity contribution in [2.75, 3.05) is 6.61 Å². The van der Waals surface area contributed by atoms with Crippen LogP contribution in [0.25, 0.3) is 10.8 Å². The average molecular weight is 282 g/mol. The molecule has 0 aliphatic heterocycles. The van der Waals surface area contributed by atoms with Gasteiger partial charge in [-0.2, -0.15) is 0 Å². The van der Waals surface area contributed by atoms with Gasteiger partial charge in [0.05, 0.1) is 0 Å². The first kappa shape index (κ1) is 15.8. The highest BCUT2D eigenvalue weighted by Gasteiger charge is 2.30. The van der Waals surface area contributed by atoms with Crippen LogP contribution in [0.2, 0.25) is 0 Å². The van der Waals surface area contributed by atoms with Crippen molar-refractivity contribution in [1.82, 2.24) is 0 Å². The normalized spacial score (nSPS) is 13.1. The molecule has 2 aromatic carbocycles. The number of nitrogens with two attached hydrogens (primary N) is 1. The topological polar surface area (TPSA) is 66.5 Å². The van der Waals surface area contributed by atoms with Crippen molar-refractivity contribution in [2.45, 2.75) is 19.9 Å². The second-order valence-corrected chi connectivity index (χ2v) is 5.34. The predicted octanol–water partition coefficient (Wildman–Crippen LogP) is 2.99. The lowest BCUT2D eigenvalue weighted by Crippen LogP contribution is -2.32. The van der Waals surface area contributed by atoms with Crippen molar-refractivity contribution in [3.05, 3.63) is 42.0 Å². The first-order valence-electron chi connectivity index (χ1n) is 6.04. The lowest BCUT2D eigenvalue weighted by Gasteiger charge is -2.31. The number of aromatic hydroxyl groups is 1. The fourth-order valence-electron chi connectivity index (χ4n) is 2.10. The van der Waals surface area contributed by atoms with Crippen LogP contribution in [0, 0.1) is 5.41 Å². The molecule has 0 aromatic heterocycles. The van der Waals surface area contributed by atoms with Gasteiger partial charge in [-0.05, 0) is 16.8 Å². The molecule has 0 fully saturated rings. The third kappa shape index (κ3) is 2.84. The van der Waals surface area contributed by atoms with Crippen LogP contribution >= 0.6 is 12.4 Å². The lowest BCUT2D eigenvalue weighted by atomic mass is 9.80. The standard InChI is InChI=1S/C15H19NO2.ClH/c1-15(2,9-17)14(16)13-11-6-4-3-5-10(11)7-8-12(13)18;/h3-8,14,17-18H,9,16H2,1-2H3;1H/t14-;/m1./s1. The Kier molecular flexibility index (Phi) is 4.80. The number of hydrogen-bond acceptors (Lipinski definition) is 3. The Hall–Kier alpha value is -1.29. The minimum absolute atomic E-state index is 0. The Labute approximate surface area is 119 Å². The van der Waals surface area contributed by atoms with Crippen LogP contribution in [0.3, 0.4) is 0 Å². The molecule has 4 N–H and O–H groups in total. The third-order valence-electron chi connectivity index (χ3n) is 3.51. The Bertz CT molecular complexity index is 569. The number of aliphatic hydroxyl groups is 1. The number of phenols is 1. The molecule has 0 radical (unpaired) electrons. The van der Waals surface area contributed by atoms with E-state index in [1.807, 2.05) is 44.2 Å². The summed E-state index contributed by atoms with van der Waals surface area (Å²) in [4.78, 5) is 0. The molecule has 3 nitrogen and oxygen atoms in total. The van der Waals surface area contributed by atoms with E-state index in [1.165, 1.54) is 0 Å². The Morgan fingerprint density at radius 2 is 1.79 bits per heavy atom. The zero-order valence-corrected chi connectivity index (χ0v) is 11.9. The molecule has 104 valence electrons. The monoisotopic (exact) mass is 281 g/mol. The molecule has 19 heavy (non-hydrogen) atoms. The van der Waals surface area contributed by atoms with Gasteiger partial charge in [0.1, 0.15) is 5.75 Å². The van der Waals surface area contributed by atoms with Crippen LogP contribution in [0.5, 0.6) is 5.75 Å². The highest BCUT2D eigenvalue weighted by Crippen LogP contribution is 2.39. The molecule has 0 spiro atoms. The van der Waals surface area contributed by atoms with Gasteiger partial charge < -0.3 is 15.9 Å². The van der Waals surface area contributed by atoms with Gasteiger partial charge in [0, 0.05) is 23.6 Å². The minimum atomic E-state index is -0.485. The van der Waals surface area contributed by atoms with Crippen molar-refractivity contribution in [3.63, 3.8) is 0 Å². The maximum absolute atomic E-state index is 10.1. The minimum Gasteiger partial charge on any atom is -0.508 e. The molecule has 0 saturated carbocycles. The fraction of sp³-hybridized carbons (Fsp3) is 0.333. The molecule has 0 aliphatic rings. The molecule has 4 heteroatoms. The maximum Gasteiger partial charge on any atom is 0.121 e. The number of hydrogen-bond donors (Lipinski definition) is 3. The van der Waals surface area contributed by atoms with Crippen molar-refractivity contribution in [2.24, 2.45) is 11.1 Å². The van der Waals surface area contributed by atoms with Crippen LogP contribution < -0.4 is 5.73 Å². The van der Waals surface area contributed by atoms with Crippen molar-refractivity contribution in [1.29, 1.82) is 0 Å². The molecular weight excluding hydrogens is 262 g/mol. The average Bonchev–Trinajstić information content (AvgIpc) is 2.38. The summed E-state index contributed by atoms with van der Waals surface area (Å²) >= 11 is 0. The van der Waals surface area contributed by atoms with E-state index < -0.39 is 11.5 Å². The first-order valence-corrected chi connectivity index (χ1v) is 6.04. The molecule has 2 aromatic rings. The summed E-state index contributed by atoms with van der Waals surface area (Å²) in [7, 11) is 0. The first-order chi connectivity index (χ1) is 8.47. The summed E-state index contributed by atoms with van der Waals surface area (Å²) in [6, 6.07) is 10.9. The van der Waals surface area contributed by atoms with Gasteiger partial charge in [-0.15, -0.1) is 12.4 Å². The number of fused-ring (bicyclic) bond motifs is 1. The summed E-state index contributed by atoms with van der Waals surface area (Å²) in [5.41, 5.74) is 6.45. The molecule has 1 atom stereocenters. The largest absolute Gasteiger partial charge is 0.508 e. The van der Waals surface area contributed by atoms with Crippen LogP contribution in [0.15, 0.2) is 36.4 Å². The van der Waals surface area contributed by atoms with Crippen LogP contribution in [0.4, 0.5) is 0 Å². The zero-order chi connectivity index (χ0) is 13.3. The van der Waals surface area contributed by atoms with E-state index in [0.717, 1.165) is 10.8 Å². The maximum atomic E-state index is 10.1. The Morgan fingerprint density at radius 1 is 1.16 bits per heavy atom. The summed E-state index contributed by atoms with van der Waals surface area (Å²) in [6.45, 7) is 3.74. The summed E-state index contributed by atoms with van der Waals surface area (Å²) in [5.74, 6) is 0.183. The molecule has 0 bridgehead atoms. The highest BCUT2D eigenvalue weighted by atomic mass is 35.5. The zero-order valence-electron chi connectivity index (χ0n) is 11.1.